The molecule has 0 saturated heterocycles. The molecule has 23 heavy (non-hydrogen) atoms. The van der Waals surface area contributed by atoms with Gasteiger partial charge in [0, 0.05) is 11.6 Å². The Hall–Kier alpha value is -2.18. The van der Waals surface area contributed by atoms with Crippen molar-refractivity contribution in [1.29, 1.82) is 0 Å². The molecular formula is C17H16N2O3S. The summed E-state index contributed by atoms with van der Waals surface area (Å²) >= 11 is 0. The zero-order chi connectivity index (χ0) is 16.1. The van der Waals surface area contributed by atoms with Gasteiger partial charge in [0.25, 0.3) is 0 Å². The van der Waals surface area contributed by atoms with Crippen molar-refractivity contribution in [3.63, 3.8) is 0 Å². The number of H-pyrrole nitrogens is 1. The monoisotopic (exact) mass is 328 g/mol. The highest BCUT2D eigenvalue weighted by molar-refractivity contribution is 7.91. The standard InChI is InChI=1S/C17H16N2O3S/c20-17(9-5-10-17)15-14(13-8-4-11-18-16(13)19-15)23(21,22)12-6-2-1-3-7-12/h1-4,6-8,11,20H,5,9-10H2,(H,18,19). The van der Waals surface area contributed by atoms with E-state index in [1.807, 2.05) is 0 Å². The number of aromatic nitrogens is 2. The van der Waals surface area contributed by atoms with Crippen molar-refractivity contribution in [3.05, 3.63) is 54.4 Å². The highest BCUT2D eigenvalue weighted by Crippen LogP contribution is 2.45. The second-order valence-corrected chi connectivity index (χ2v) is 7.82. The van der Waals surface area contributed by atoms with Gasteiger partial charge in [0.2, 0.25) is 9.84 Å². The van der Waals surface area contributed by atoms with Crippen molar-refractivity contribution in [2.45, 2.75) is 34.7 Å². The maximum atomic E-state index is 13.2. The molecule has 2 N–H and O–H groups in total. The van der Waals surface area contributed by atoms with Crippen molar-refractivity contribution in [1.82, 2.24) is 9.97 Å². The normalized spacial score (nSPS) is 17.1. The Labute approximate surface area is 133 Å². The third kappa shape index (κ3) is 2.09. The summed E-state index contributed by atoms with van der Waals surface area (Å²) in [6.45, 7) is 0. The number of nitrogens with one attached hydrogen (secondary N) is 1. The number of aliphatic hydroxyl groups is 1. The summed E-state index contributed by atoms with van der Waals surface area (Å²) in [5.74, 6) is 0. The summed E-state index contributed by atoms with van der Waals surface area (Å²) in [6.07, 6.45) is 3.59. The minimum absolute atomic E-state index is 0.147. The molecule has 3 aromatic rings. The fraction of sp³-hybridized carbons (Fsp3) is 0.235. The first-order valence-electron chi connectivity index (χ1n) is 7.52. The maximum absolute atomic E-state index is 13.2. The van der Waals surface area contributed by atoms with Crippen molar-refractivity contribution < 1.29 is 13.5 Å². The molecule has 6 heteroatoms. The summed E-state index contributed by atoms with van der Waals surface area (Å²) in [6, 6.07) is 11.7. The van der Waals surface area contributed by atoms with Gasteiger partial charge in [-0.2, -0.15) is 0 Å². The predicted molar refractivity (Wildman–Crippen MR) is 85.7 cm³/mol. The molecule has 0 aliphatic heterocycles. The number of benzene rings is 1. The Morgan fingerprint density at radius 1 is 1.09 bits per heavy atom. The first-order chi connectivity index (χ1) is 11.0. The van der Waals surface area contributed by atoms with Crippen LogP contribution in [0.4, 0.5) is 0 Å². The Balaban J connectivity index is 2.04. The Morgan fingerprint density at radius 2 is 1.83 bits per heavy atom. The van der Waals surface area contributed by atoms with E-state index in [0.29, 0.717) is 29.6 Å². The molecular weight excluding hydrogens is 312 g/mol. The number of nitrogens with zero attached hydrogens (tertiary/aromatic N) is 1. The van der Waals surface area contributed by atoms with E-state index < -0.39 is 15.4 Å². The zero-order valence-corrected chi connectivity index (χ0v) is 13.2. The maximum Gasteiger partial charge on any atom is 0.209 e. The second kappa shape index (κ2) is 4.91. The van der Waals surface area contributed by atoms with Gasteiger partial charge in [-0.05, 0) is 43.5 Å². The average molecular weight is 328 g/mol. The van der Waals surface area contributed by atoms with E-state index in [1.165, 1.54) is 0 Å². The third-order valence-corrected chi connectivity index (χ3v) is 6.35. The predicted octanol–water partition coefficient (Wildman–Crippen LogP) is 2.77. The highest BCUT2D eigenvalue weighted by atomic mass is 32.2. The lowest BCUT2D eigenvalue weighted by Gasteiger charge is -2.36. The largest absolute Gasteiger partial charge is 0.384 e. The lowest BCUT2D eigenvalue weighted by atomic mass is 9.78. The smallest absolute Gasteiger partial charge is 0.209 e. The van der Waals surface area contributed by atoms with Gasteiger partial charge in [0.1, 0.15) is 16.1 Å². The molecule has 1 fully saturated rings. The van der Waals surface area contributed by atoms with Gasteiger partial charge in [-0.15, -0.1) is 0 Å². The Kier molecular flexibility index (Phi) is 3.08. The molecule has 1 saturated carbocycles. The van der Waals surface area contributed by atoms with Gasteiger partial charge in [-0.25, -0.2) is 13.4 Å². The van der Waals surface area contributed by atoms with E-state index in [0.717, 1.165) is 6.42 Å². The van der Waals surface area contributed by atoms with Crippen LogP contribution in [0, 0.1) is 0 Å². The lowest BCUT2D eigenvalue weighted by molar-refractivity contribution is -0.0444. The molecule has 2 aromatic heterocycles. The number of fused-ring (bicyclic) bond motifs is 1. The molecule has 4 rings (SSSR count). The van der Waals surface area contributed by atoms with Crippen LogP contribution in [0.25, 0.3) is 11.0 Å². The zero-order valence-electron chi connectivity index (χ0n) is 12.4. The van der Waals surface area contributed by atoms with E-state index in [2.05, 4.69) is 9.97 Å². The number of hydrogen-bond acceptors (Lipinski definition) is 4. The van der Waals surface area contributed by atoms with E-state index in [1.54, 1.807) is 48.7 Å². The van der Waals surface area contributed by atoms with Crippen LogP contribution in [-0.2, 0) is 15.4 Å². The number of pyridine rings is 1. The number of rotatable bonds is 3. The van der Waals surface area contributed by atoms with Crippen molar-refractivity contribution in [2.75, 3.05) is 0 Å². The summed E-state index contributed by atoms with van der Waals surface area (Å²) < 4.78 is 26.3. The van der Waals surface area contributed by atoms with Crippen molar-refractivity contribution >= 4 is 20.9 Å². The topological polar surface area (TPSA) is 83.0 Å². The molecule has 1 aliphatic rings. The first kappa shape index (κ1) is 14.4. The molecule has 0 radical (unpaired) electrons. The Morgan fingerprint density at radius 3 is 2.48 bits per heavy atom. The van der Waals surface area contributed by atoms with Gasteiger partial charge >= 0.3 is 0 Å². The molecule has 1 aliphatic carbocycles. The molecule has 5 nitrogen and oxygen atoms in total. The van der Waals surface area contributed by atoms with Gasteiger partial charge in [-0.3, -0.25) is 0 Å². The quantitative estimate of drug-likeness (QED) is 0.774. The van der Waals surface area contributed by atoms with Crippen LogP contribution in [0.15, 0.2) is 58.5 Å². The molecule has 0 unspecified atom stereocenters. The molecule has 118 valence electrons. The van der Waals surface area contributed by atoms with Crippen LogP contribution >= 0.6 is 0 Å². The molecule has 0 spiro atoms. The Bertz CT molecular complexity index is 974. The summed E-state index contributed by atoms with van der Waals surface area (Å²) in [7, 11) is -3.74. The minimum atomic E-state index is -3.74. The number of aromatic amines is 1. The lowest BCUT2D eigenvalue weighted by Crippen LogP contribution is -2.35. The minimum Gasteiger partial charge on any atom is -0.384 e. The molecule has 1 aromatic carbocycles. The van der Waals surface area contributed by atoms with Gasteiger partial charge in [0.15, 0.2) is 0 Å². The van der Waals surface area contributed by atoms with E-state index in [4.69, 9.17) is 0 Å². The van der Waals surface area contributed by atoms with Crippen LogP contribution < -0.4 is 0 Å². The van der Waals surface area contributed by atoms with E-state index in [-0.39, 0.29) is 9.79 Å². The van der Waals surface area contributed by atoms with Crippen LogP contribution in [-0.4, -0.2) is 23.5 Å². The number of sulfone groups is 1. The highest BCUT2D eigenvalue weighted by Gasteiger charge is 2.43. The molecule has 0 bridgehead atoms. The molecule has 2 heterocycles. The van der Waals surface area contributed by atoms with Gasteiger partial charge in [-0.1, -0.05) is 18.2 Å². The second-order valence-electron chi connectivity index (χ2n) is 5.93. The molecule has 0 atom stereocenters. The fourth-order valence-electron chi connectivity index (χ4n) is 3.08. The van der Waals surface area contributed by atoms with E-state index in [9.17, 15) is 13.5 Å². The molecule has 0 amide bonds. The fourth-order valence-corrected chi connectivity index (χ4v) is 4.80. The third-order valence-electron chi connectivity index (χ3n) is 4.49. The van der Waals surface area contributed by atoms with Crippen LogP contribution in [0.1, 0.15) is 25.0 Å². The van der Waals surface area contributed by atoms with Crippen molar-refractivity contribution in [2.24, 2.45) is 0 Å². The van der Waals surface area contributed by atoms with Crippen LogP contribution in [0.3, 0.4) is 0 Å². The van der Waals surface area contributed by atoms with Crippen LogP contribution in [0.2, 0.25) is 0 Å². The summed E-state index contributed by atoms with van der Waals surface area (Å²) in [5.41, 5.74) is -0.267. The van der Waals surface area contributed by atoms with Crippen LogP contribution in [0.5, 0.6) is 0 Å². The first-order valence-corrected chi connectivity index (χ1v) is 9.00. The SMILES string of the molecule is O=S(=O)(c1ccccc1)c1c(C2(O)CCC2)[nH]c2ncccc12. The van der Waals surface area contributed by atoms with Gasteiger partial charge < -0.3 is 10.1 Å². The summed E-state index contributed by atoms with van der Waals surface area (Å²) in [5, 5.41) is 11.3. The van der Waals surface area contributed by atoms with Crippen molar-refractivity contribution in [3.8, 4) is 0 Å². The van der Waals surface area contributed by atoms with Gasteiger partial charge in [0.05, 0.1) is 10.6 Å². The average Bonchev–Trinajstić information content (AvgIpc) is 2.94. The summed E-state index contributed by atoms with van der Waals surface area (Å²) in [4.78, 5) is 7.62. The van der Waals surface area contributed by atoms with E-state index >= 15 is 0 Å². The number of hydrogen-bond donors (Lipinski definition) is 2.